The van der Waals surface area contributed by atoms with E-state index in [1.165, 1.54) is 0 Å². The SMILES string of the molecule is CC(C)(C)N1CCN(CCCCC(N)=NO)CC1. The number of rotatable bonds is 5. The molecule has 0 atom stereocenters. The third kappa shape index (κ3) is 5.23. The van der Waals surface area contributed by atoms with Gasteiger partial charge in [-0.3, -0.25) is 4.90 Å². The monoisotopic (exact) mass is 256 g/mol. The maximum atomic E-state index is 8.44. The van der Waals surface area contributed by atoms with Crippen molar-refractivity contribution in [2.75, 3.05) is 32.7 Å². The first-order valence-electron chi connectivity index (χ1n) is 6.87. The molecular weight excluding hydrogens is 228 g/mol. The molecule has 0 aromatic heterocycles. The van der Waals surface area contributed by atoms with Gasteiger partial charge in [0.15, 0.2) is 0 Å². The zero-order chi connectivity index (χ0) is 13.6. The first-order chi connectivity index (χ1) is 8.43. The molecule has 0 amide bonds. The van der Waals surface area contributed by atoms with E-state index in [4.69, 9.17) is 10.9 Å². The summed E-state index contributed by atoms with van der Waals surface area (Å²) >= 11 is 0. The van der Waals surface area contributed by atoms with E-state index in [0.29, 0.717) is 12.3 Å². The van der Waals surface area contributed by atoms with Crippen LogP contribution in [0.5, 0.6) is 0 Å². The van der Waals surface area contributed by atoms with Crippen molar-refractivity contribution < 1.29 is 5.21 Å². The van der Waals surface area contributed by atoms with Gasteiger partial charge >= 0.3 is 0 Å². The van der Waals surface area contributed by atoms with Gasteiger partial charge in [-0.05, 0) is 40.2 Å². The lowest BCUT2D eigenvalue weighted by Gasteiger charge is -2.42. The van der Waals surface area contributed by atoms with Crippen molar-refractivity contribution >= 4 is 5.84 Å². The molecule has 0 aromatic rings. The van der Waals surface area contributed by atoms with Crippen molar-refractivity contribution in [2.24, 2.45) is 10.9 Å². The zero-order valence-corrected chi connectivity index (χ0v) is 12.0. The van der Waals surface area contributed by atoms with Crippen LogP contribution in [0.4, 0.5) is 0 Å². The molecule has 5 nitrogen and oxygen atoms in total. The second-order valence-corrected chi connectivity index (χ2v) is 6.05. The van der Waals surface area contributed by atoms with Crippen LogP contribution in [0.3, 0.4) is 0 Å². The Labute approximate surface area is 111 Å². The zero-order valence-electron chi connectivity index (χ0n) is 12.0. The fourth-order valence-electron chi connectivity index (χ4n) is 2.33. The smallest absolute Gasteiger partial charge is 0.139 e. The van der Waals surface area contributed by atoms with Crippen LogP contribution in [0.2, 0.25) is 0 Å². The topological polar surface area (TPSA) is 65.1 Å². The van der Waals surface area contributed by atoms with Crippen LogP contribution in [0, 0.1) is 0 Å². The van der Waals surface area contributed by atoms with Crippen molar-refractivity contribution in [3.05, 3.63) is 0 Å². The van der Waals surface area contributed by atoms with E-state index < -0.39 is 0 Å². The summed E-state index contributed by atoms with van der Waals surface area (Å²) in [5.74, 6) is 0.340. The molecule has 1 fully saturated rings. The van der Waals surface area contributed by atoms with E-state index in [-0.39, 0.29) is 5.54 Å². The van der Waals surface area contributed by atoms with E-state index in [1.807, 2.05) is 0 Å². The minimum absolute atomic E-state index is 0.290. The number of nitrogens with zero attached hydrogens (tertiary/aromatic N) is 3. The molecule has 0 radical (unpaired) electrons. The minimum Gasteiger partial charge on any atom is -0.409 e. The van der Waals surface area contributed by atoms with Crippen molar-refractivity contribution in [3.63, 3.8) is 0 Å². The highest BCUT2D eigenvalue weighted by Crippen LogP contribution is 2.15. The number of piperazine rings is 1. The molecule has 1 aliphatic heterocycles. The van der Waals surface area contributed by atoms with Crippen molar-refractivity contribution in [1.82, 2.24) is 9.80 Å². The molecule has 0 aliphatic carbocycles. The van der Waals surface area contributed by atoms with Gasteiger partial charge in [0.25, 0.3) is 0 Å². The molecular formula is C13H28N4O. The lowest BCUT2D eigenvalue weighted by molar-refractivity contribution is 0.0617. The normalized spacial score (nSPS) is 20.3. The van der Waals surface area contributed by atoms with Gasteiger partial charge in [0.2, 0.25) is 0 Å². The van der Waals surface area contributed by atoms with Crippen LogP contribution < -0.4 is 5.73 Å². The Morgan fingerprint density at radius 2 is 1.78 bits per heavy atom. The molecule has 1 saturated heterocycles. The predicted molar refractivity (Wildman–Crippen MR) is 75.0 cm³/mol. The Hall–Kier alpha value is -0.810. The van der Waals surface area contributed by atoms with E-state index in [0.717, 1.165) is 45.6 Å². The van der Waals surface area contributed by atoms with Crippen LogP contribution in [0.25, 0.3) is 0 Å². The van der Waals surface area contributed by atoms with Gasteiger partial charge in [-0.1, -0.05) is 5.16 Å². The maximum absolute atomic E-state index is 8.44. The quantitative estimate of drug-likeness (QED) is 0.256. The van der Waals surface area contributed by atoms with Gasteiger partial charge in [0, 0.05) is 38.1 Å². The Morgan fingerprint density at radius 1 is 1.17 bits per heavy atom. The van der Waals surface area contributed by atoms with Gasteiger partial charge in [0.1, 0.15) is 5.84 Å². The van der Waals surface area contributed by atoms with E-state index in [2.05, 4.69) is 35.7 Å². The van der Waals surface area contributed by atoms with Crippen LogP contribution in [0.1, 0.15) is 40.0 Å². The molecule has 0 bridgehead atoms. The Kier molecular flexibility index (Phi) is 5.88. The summed E-state index contributed by atoms with van der Waals surface area (Å²) in [4.78, 5) is 5.05. The molecule has 1 rings (SSSR count). The molecule has 18 heavy (non-hydrogen) atoms. The fraction of sp³-hybridized carbons (Fsp3) is 0.923. The van der Waals surface area contributed by atoms with Gasteiger partial charge in [-0.25, -0.2) is 0 Å². The molecule has 0 aromatic carbocycles. The first-order valence-corrected chi connectivity index (χ1v) is 6.87. The largest absolute Gasteiger partial charge is 0.409 e. The molecule has 0 spiro atoms. The number of hydrogen-bond acceptors (Lipinski definition) is 4. The molecule has 1 heterocycles. The second-order valence-electron chi connectivity index (χ2n) is 6.05. The average molecular weight is 256 g/mol. The summed E-state index contributed by atoms with van der Waals surface area (Å²) in [6.45, 7) is 12.6. The van der Waals surface area contributed by atoms with E-state index in [9.17, 15) is 0 Å². The summed E-state index contributed by atoms with van der Waals surface area (Å²) in [5.41, 5.74) is 5.73. The summed E-state index contributed by atoms with van der Waals surface area (Å²) in [5, 5.41) is 11.4. The number of hydrogen-bond donors (Lipinski definition) is 2. The third-order valence-electron chi connectivity index (χ3n) is 3.61. The molecule has 3 N–H and O–H groups in total. The van der Waals surface area contributed by atoms with Crippen molar-refractivity contribution in [1.29, 1.82) is 0 Å². The van der Waals surface area contributed by atoms with Crippen LogP contribution >= 0.6 is 0 Å². The summed E-state index contributed by atoms with van der Waals surface area (Å²) < 4.78 is 0. The van der Waals surface area contributed by atoms with Crippen molar-refractivity contribution in [2.45, 2.75) is 45.6 Å². The lowest BCUT2D eigenvalue weighted by atomic mass is 10.0. The fourth-order valence-corrected chi connectivity index (χ4v) is 2.33. The number of nitrogens with two attached hydrogens (primary N) is 1. The Balaban J connectivity index is 2.13. The van der Waals surface area contributed by atoms with Crippen LogP contribution in [0.15, 0.2) is 5.16 Å². The predicted octanol–water partition coefficient (Wildman–Crippen LogP) is 1.32. The van der Waals surface area contributed by atoms with Crippen molar-refractivity contribution in [3.8, 4) is 0 Å². The van der Waals surface area contributed by atoms with Gasteiger partial charge < -0.3 is 15.8 Å². The number of amidine groups is 1. The molecule has 1 aliphatic rings. The lowest BCUT2D eigenvalue weighted by Crippen LogP contribution is -2.53. The highest BCUT2D eigenvalue weighted by atomic mass is 16.4. The highest BCUT2D eigenvalue weighted by molar-refractivity contribution is 5.79. The third-order valence-corrected chi connectivity index (χ3v) is 3.61. The second kappa shape index (κ2) is 6.95. The standard InChI is InChI=1S/C13H28N4O/c1-13(2,3)17-10-8-16(9-11-17)7-5-4-6-12(14)15-18/h18H,4-11H2,1-3H3,(H2,14,15). The van der Waals surface area contributed by atoms with Gasteiger partial charge in [-0.15, -0.1) is 0 Å². The maximum Gasteiger partial charge on any atom is 0.139 e. The summed E-state index contributed by atoms with van der Waals surface area (Å²) in [6.07, 6.45) is 2.81. The van der Waals surface area contributed by atoms with Gasteiger partial charge in [0.05, 0.1) is 0 Å². The number of oxime groups is 1. The Bertz CT molecular complexity index is 265. The van der Waals surface area contributed by atoms with E-state index in [1.54, 1.807) is 0 Å². The molecule has 0 saturated carbocycles. The molecule has 106 valence electrons. The summed E-state index contributed by atoms with van der Waals surface area (Å²) in [6, 6.07) is 0. The highest BCUT2D eigenvalue weighted by Gasteiger charge is 2.25. The minimum atomic E-state index is 0.290. The Morgan fingerprint density at radius 3 is 2.28 bits per heavy atom. The van der Waals surface area contributed by atoms with E-state index >= 15 is 0 Å². The van der Waals surface area contributed by atoms with Crippen LogP contribution in [-0.4, -0.2) is 59.1 Å². The molecule has 0 unspecified atom stereocenters. The van der Waals surface area contributed by atoms with Gasteiger partial charge in [-0.2, -0.15) is 0 Å². The first kappa shape index (κ1) is 15.2. The van der Waals surface area contributed by atoms with Crippen LogP contribution in [-0.2, 0) is 0 Å². The summed E-state index contributed by atoms with van der Waals surface area (Å²) in [7, 11) is 0. The molecule has 5 heteroatoms. The number of unbranched alkanes of at least 4 members (excludes halogenated alkanes) is 1. The average Bonchev–Trinajstić information content (AvgIpc) is 2.33.